The lowest BCUT2D eigenvalue weighted by molar-refractivity contribution is -0.143. The molecule has 0 fully saturated rings. The Labute approximate surface area is 375 Å². The van der Waals surface area contributed by atoms with Gasteiger partial charge in [0.2, 0.25) is 0 Å². The van der Waals surface area contributed by atoms with E-state index in [9.17, 15) is 9.59 Å². The van der Waals surface area contributed by atoms with Crippen LogP contribution in [0.15, 0.2) is 23.3 Å². The average Bonchev–Trinajstić information content (AvgIpc) is 3.16. The Kier molecular flexibility index (Phi) is 37.9. The Balaban J connectivity index is 4.34. The highest BCUT2D eigenvalue weighted by atomic mass is 16.5. The molecule has 0 heterocycles. The predicted octanol–water partition coefficient (Wildman–Crippen LogP) is 15.0. The van der Waals surface area contributed by atoms with E-state index in [1.165, 1.54) is 114 Å². The van der Waals surface area contributed by atoms with Crippen LogP contribution < -0.4 is 0 Å². The number of esters is 2. The van der Waals surface area contributed by atoms with Gasteiger partial charge in [-0.15, -0.1) is 0 Å². The number of hydrogen-bond acceptors (Lipinski definition) is 6. The van der Waals surface area contributed by atoms with Crippen LogP contribution in [0.4, 0.5) is 0 Å². The van der Waals surface area contributed by atoms with E-state index in [4.69, 9.17) is 9.47 Å². The molecule has 0 aliphatic heterocycles. The van der Waals surface area contributed by atoms with E-state index in [0.29, 0.717) is 26.1 Å². The number of rotatable bonds is 41. The van der Waals surface area contributed by atoms with Crippen LogP contribution in [0.3, 0.4) is 0 Å². The van der Waals surface area contributed by atoms with Gasteiger partial charge in [-0.3, -0.25) is 9.59 Å². The molecule has 0 amide bonds. The van der Waals surface area contributed by atoms with Gasteiger partial charge in [-0.25, -0.2) is 0 Å². The molecule has 0 aliphatic rings. The number of carbonyl (C=O) groups is 2. The SMILES string of the molecule is CC(=CCOC(=O)CCCN(CCCCN(C)C)CCCC(=O)OCC=C(C)CCCC(C)CCCC(C)CCCC(C)C)CCCC(C)CCCC(C)CCCC(C)C. The normalized spacial score (nSPS) is 14.7. The number of allylic oxidation sites excluding steroid dienone is 2. The van der Waals surface area contributed by atoms with Crippen molar-refractivity contribution in [2.24, 2.45) is 35.5 Å². The van der Waals surface area contributed by atoms with E-state index in [1.54, 1.807) is 0 Å². The molecule has 0 spiro atoms. The van der Waals surface area contributed by atoms with Crippen molar-refractivity contribution in [3.63, 3.8) is 0 Å². The second-order valence-corrected chi connectivity index (χ2v) is 20.7. The van der Waals surface area contributed by atoms with Crippen LogP contribution in [0.5, 0.6) is 0 Å². The summed E-state index contributed by atoms with van der Waals surface area (Å²) in [5, 5.41) is 0. The first-order valence-corrected chi connectivity index (χ1v) is 25.6. The van der Waals surface area contributed by atoms with Crippen molar-refractivity contribution < 1.29 is 19.1 Å². The molecule has 4 unspecified atom stereocenters. The predicted molar refractivity (Wildman–Crippen MR) is 262 cm³/mol. The van der Waals surface area contributed by atoms with E-state index in [1.807, 2.05) is 0 Å². The van der Waals surface area contributed by atoms with Crippen LogP contribution in [-0.4, -0.2) is 75.2 Å². The van der Waals surface area contributed by atoms with E-state index in [-0.39, 0.29) is 11.9 Å². The summed E-state index contributed by atoms with van der Waals surface area (Å²) in [6, 6.07) is 0. The largest absolute Gasteiger partial charge is 0.461 e. The molecule has 0 saturated carbocycles. The molecule has 0 aromatic heterocycles. The first kappa shape index (κ1) is 58.3. The quantitative estimate of drug-likeness (QED) is 0.0347. The molecule has 0 aromatic carbocycles. The number of nitrogens with zero attached hydrogens (tertiary/aromatic N) is 2. The van der Waals surface area contributed by atoms with Crippen molar-refractivity contribution in [1.29, 1.82) is 0 Å². The summed E-state index contributed by atoms with van der Waals surface area (Å²) in [5.74, 6) is 4.70. The molecule has 60 heavy (non-hydrogen) atoms. The van der Waals surface area contributed by atoms with Crippen molar-refractivity contribution in [1.82, 2.24) is 9.80 Å². The highest BCUT2D eigenvalue weighted by Gasteiger charge is 2.12. The van der Waals surface area contributed by atoms with E-state index >= 15 is 0 Å². The minimum atomic E-state index is -0.118. The van der Waals surface area contributed by atoms with Gasteiger partial charge in [-0.2, -0.15) is 0 Å². The molecule has 4 atom stereocenters. The zero-order chi connectivity index (χ0) is 45.0. The maximum atomic E-state index is 12.6. The summed E-state index contributed by atoms with van der Waals surface area (Å²) in [4.78, 5) is 29.8. The van der Waals surface area contributed by atoms with Gasteiger partial charge in [0.1, 0.15) is 13.2 Å². The zero-order valence-electron chi connectivity index (χ0n) is 42.4. The molecular weight excluding hydrogens is 741 g/mol. The molecule has 0 rings (SSSR count). The first-order chi connectivity index (χ1) is 28.6. The number of carbonyl (C=O) groups excluding carboxylic acids is 2. The summed E-state index contributed by atoms with van der Waals surface area (Å²) in [6.07, 6.45) is 32.3. The third-order valence-corrected chi connectivity index (χ3v) is 12.7. The zero-order valence-corrected chi connectivity index (χ0v) is 42.4. The molecule has 0 aromatic rings. The molecule has 6 heteroatoms. The smallest absolute Gasteiger partial charge is 0.306 e. The van der Waals surface area contributed by atoms with Gasteiger partial charge in [0.25, 0.3) is 0 Å². The average molecular weight is 845 g/mol. The van der Waals surface area contributed by atoms with Gasteiger partial charge < -0.3 is 19.3 Å². The molecule has 0 saturated heterocycles. The van der Waals surface area contributed by atoms with Crippen LogP contribution in [0.1, 0.15) is 223 Å². The topological polar surface area (TPSA) is 59.1 Å². The van der Waals surface area contributed by atoms with Crippen LogP contribution in [0, 0.1) is 35.5 Å². The van der Waals surface area contributed by atoms with Gasteiger partial charge in [0.05, 0.1) is 0 Å². The van der Waals surface area contributed by atoms with Gasteiger partial charge in [-0.05, 0) is 153 Å². The van der Waals surface area contributed by atoms with Crippen LogP contribution in [0.2, 0.25) is 0 Å². The van der Waals surface area contributed by atoms with Gasteiger partial charge in [-0.1, -0.05) is 156 Å². The molecule has 354 valence electrons. The molecule has 6 nitrogen and oxygen atoms in total. The summed E-state index contributed by atoms with van der Waals surface area (Å²) in [6.45, 7) is 27.8. The third kappa shape index (κ3) is 40.4. The molecule has 0 radical (unpaired) electrons. The fourth-order valence-electron chi connectivity index (χ4n) is 8.31. The van der Waals surface area contributed by atoms with Crippen molar-refractivity contribution in [3.8, 4) is 0 Å². The Morgan fingerprint density at radius 1 is 0.417 bits per heavy atom. The summed E-state index contributed by atoms with van der Waals surface area (Å²) >= 11 is 0. The standard InChI is InChI=1S/C54H104N2O4/c1-45(2)23-15-25-47(5)27-17-29-49(7)31-19-33-51(9)37-43-59-53(57)35-21-41-56(40-14-13-39-55(11)12)42-22-36-54(58)60-44-38-52(10)34-20-32-50(8)30-18-28-48(6)26-16-24-46(3)4/h37-38,45-50H,13-36,39-44H2,1-12H3. The highest BCUT2D eigenvalue weighted by Crippen LogP contribution is 2.24. The van der Waals surface area contributed by atoms with Gasteiger partial charge >= 0.3 is 11.9 Å². The molecule has 0 N–H and O–H groups in total. The van der Waals surface area contributed by atoms with Crippen molar-refractivity contribution in [2.75, 3.05) is 53.5 Å². The van der Waals surface area contributed by atoms with E-state index in [2.05, 4.69) is 105 Å². The molecule has 0 bridgehead atoms. The van der Waals surface area contributed by atoms with Gasteiger partial charge in [0.15, 0.2) is 0 Å². The monoisotopic (exact) mass is 845 g/mol. The Bertz CT molecular complexity index is 1010. The Hall–Kier alpha value is -1.66. The lowest BCUT2D eigenvalue weighted by Gasteiger charge is -2.22. The van der Waals surface area contributed by atoms with Crippen LogP contribution in [-0.2, 0) is 19.1 Å². The minimum Gasteiger partial charge on any atom is -0.461 e. The van der Waals surface area contributed by atoms with Crippen molar-refractivity contribution in [2.45, 2.75) is 223 Å². The third-order valence-electron chi connectivity index (χ3n) is 12.7. The Morgan fingerprint density at radius 2 is 0.733 bits per heavy atom. The summed E-state index contributed by atoms with van der Waals surface area (Å²) in [5.41, 5.74) is 2.64. The van der Waals surface area contributed by atoms with Gasteiger partial charge in [0, 0.05) is 12.8 Å². The summed E-state index contributed by atoms with van der Waals surface area (Å²) in [7, 11) is 4.23. The minimum absolute atomic E-state index is 0.118. The number of hydrogen-bond donors (Lipinski definition) is 0. The number of unbranched alkanes of at least 4 members (excludes halogenated alkanes) is 1. The first-order valence-electron chi connectivity index (χ1n) is 25.6. The van der Waals surface area contributed by atoms with Crippen molar-refractivity contribution >= 4 is 11.9 Å². The van der Waals surface area contributed by atoms with Crippen LogP contribution in [0.25, 0.3) is 0 Å². The maximum Gasteiger partial charge on any atom is 0.306 e. The highest BCUT2D eigenvalue weighted by molar-refractivity contribution is 5.69. The lowest BCUT2D eigenvalue weighted by atomic mass is 9.91. The fourth-order valence-corrected chi connectivity index (χ4v) is 8.31. The second-order valence-electron chi connectivity index (χ2n) is 20.7. The van der Waals surface area contributed by atoms with Crippen LogP contribution >= 0.6 is 0 Å². The fraction of sp³-hybridized carbons (Fsp3) is 0.889. The Morgan fingerprint density at radius 3 is 1.08 bits per heavy atom. The second kappa shape index (κ2) is 39.0. The van der Waals surface area contributed by atoms with E-state index in [0.717, 1.165) is 100 Å². The molecule has 0 aliphatic carbocycles. The maximum absolute atomic E-state index is 12.6. The summed E-state index contributed by atoms with van der Waals surface area (Å²) < 4.78 is 11.2. The molecular formula is C54H104N2O4. The van der Waals surface area contributed by atoms with E-state index < -0.39 is 0 Å². The van der Waals surface area contributed by atoms with Crippen molar-refractivity contribution in [3.05, 3.63) is 23.3 Å². The number of ether oxygens (including phenoxy) is 2. The lowest BCUT2D eigenvalue weighted by Crippen LogP contribution is -2.29.